The Labute approximate surface area is 143 Å². The molecule has 3 aliphatic rings. The number of hydrogen-bond acceptors (Lipinski definition) is 2. The summed E-state index contributed by atoms with van der Waals surface area (Å²) in [6.45, 7) is 6.69. The fraction of sp³-hybridized carbons (Fsp3) is 0.450. The average molecular weight is 323 g/mol. The molecule has 5 rings (SSSR count). The molecule has 1 amide bonds. The van der Waals surface area contributed by atoms with Gasteiger partial charge in [-0.3, -0.25) is 9.69 Å². The van der Waals surface area contributed by atoms with E-state index in [2.05, 4.69) is 41.2 Å². The lowest BCUT2D eigenvalue weighted by atomic mass is 9.79. The van der Waals surface area contributed by atoms with E-state index in [1.807, 2.05) is 24.3 Å². The normalized spacial score (nSPS) is 28.8. The number of nitrogens with zero attached hydrogens (tertiary/aromatic N) is 1. The minimum Gasteiger partial charge on any atom is -0.351 e. The maximum Gasteiger partial charge on any atom is 0.267 e. The molecule has 0 unspecified atom stereocenters. The highest BCUT2D eigenvalue weighted by Crippen LogP contribution is 2.32. The van der Waals surface area contributed by atoms with Crippen LogP contribution >= 0.6 is 0 Å². The molecule has 1 aromatic carbocycles. The Morgan fingerprint density at radius 2 is 1.92 bits per heavy atom. The van der Waals surface area contributed by atoms with Crippen molar-refractivity contribution < 1.29 is 4.79 Å². The van der Waals surface area contributed by atoms with Crippen molar-refractivity contribution >= 4 is 5.91 Å². The number of amides is 1. The number of benzene rings is 1. The smallest absolute Gasteiger partial charge is 0.267 e. The number of aromatic nitrogens is 1. The van der Waals surface area contributed by atoms with Crippen molar-refractivity contribution in [1.29, 1.82) is 0 Å². The standard InChI is InChI=1S/C20H25N3O/c1-13-5-3-4-6-16(13)17-7-8-18(21-17)20(24)22-19-14(2)23-11-9-15(19)10-12-23/h3-8,14-15,19,21H,9-12H2,1-2H3,(H,22,24)/t14-,19+/m1/s1. The van der Waals surface area contributed by atoms with E-state index in [0.29, 0.717) is 17.7 Å². The number of carbonyl (C=O) groups excluding carboxylic acids is 1. The van der Waals surface area contributed by atoms with Gasteiger partial charge in [-0.25, -0.2) is 0 Å². The topological polar surface area (TPSA) is 48.1 Å². The average Bonchev–Trinajstić information content (AvgIpc) is 3.09. The largest absolute Gasteiger partial charge is 0.351 e. The summed E-state index contributed by atoms with van der Waals surface area (Å²) in [6.07, 6.45) is 2.41. The van der Waals surface area contributed by atoms with Crippen LogP contribution in [0.4, 0.5) is 0 Å². The Morgan fingerprint density at radius 3 is 2.62 bits per heavy atom. The zero-order chi connectivity index (χ0) is 16.7. The molecule has 0 aliphatic carbocycles. The second-order valence-electron chi connectivity index (χ2n) is 7.21. The van der Waals surface area contributed by atoms with E-state index in [1.165, 1.54) is 31.5 Å². The molecule has 0 saturated carbocycles. The van der Waals surface area contributed by atoms with Gasteiger partial charge < -0.3 is 10.3 Å². The molecule has 24 heavy (non-hydrogen) atoms. The Morgan fingerprint density at radius 1 is 1.17 bits per heavy atom. The SMILES string of the molecule is Cc1ccccc1-c1ccc(C(=O)N[C@@H]2C3CCN(CC3)[C@@H]2C)[nH]1. The molecule has 1 aromatic heterocycles. The predicted molar refractivity (Wildman–Crippen MR) is 96.0 cm³/mol. The fourth-order valence-corrected chi connectivity index (χ4v) is 4.33. The van der Waals surface area contributed by atoms with Gasteiger partial charge in [0.15, 0.2) is 0 Å². The second-order valence-corrected chi connectivity index (χ2v) is 7.21. The van der Waals surface area contributed by atoms with Crippen molar-refractivity contribution in [1.82, 2.24) is 15.2 Å². The summed E-state index contributed by atoms with van der Waals surface area (Å²) >= 11 is 0. The molecule has 2 atom stereocenters. The van der Waals surface area contributed by atoms with Gasteiger partial charge in [0.1, 0.15) is 5.69 Å². The minimum absolute atomic E-state index is 0.0143. The number of aromatic amines is 1. The van der Waals surface area contributed by atoms with Crippen molar-refractivity contribution in [2.45, 2.75) is 38.8 Å². The summed E-state index contributed by atoms with van der Waals surface area (Å²) in [5, 5.41) is 3.28. The van der Waals surface area contributed by atoms with Crippen molar-refractivity contribution in [3.05, 3.63) is 47.7 Å². The lowest BCUT2D eigenvalue weighted by molar-refractivity contribution is 0.0216. The van der Waals surface area contributed by atoms with Crippen molar-refractivity contribution in [2.24, 2.45) is 5.92 Å². The van der Waals surface area contributed by atoms with Crippen LogP contribution in [0.1, 0.15) is 35.8 Å². The van der Waals surface area contributed by atoms with Gasteiger partial charge in [-0.05, 0) is 63.4 Å². The van der Waals surface area contributed by atoms with Crippen molar-refractivity contribution in [2.75, 3.05) is 13.1 Å². The summed E-state index contributed by atoms with van der Waals surface area (Å²) in [5.74, 6) is 0.639. The van der Waals surface area contributed by atoms with Crippen LogP contribution in [0.15, 0.2) is 36.4 Å². The molecule has 2 N–H and O–H groups in total. The highest BCUT2D eigenvalue weighted by molar-refractivity contribution is 5.93. The molecule has 3 fully saturated rings. The van der Waals surface area contributed by atoms with Crippen LogP contribution in [0.2, 0.25) is 0 Å². The Balaban J connectivity index is 1.51. The molecule has 4 heterocycles. The first kappa shape index (κ1) is 15.5. The van der Waals surface area contributed by atoms with Gasteiger partial charge in [-0.1, -0.05) is 24.3 Å². The molecular weight excluding hydrogens is 298 g/mol. The third kappa shape index (κ3) is 2.65. The minimum atomic E-state index is 0.0143. The molecule has 2 bridgehead atoms. The molecule has 2 aromatic rings. The Hall–Kier alpha value is -2.07. The lowest BCUT2D eigenvalue weighted by Gasteiger charge is -2.49. The first-order chi connectivity index (χ1) is 11.6. The van der Waals surface area contributed by atoms with Crippen LogP contribution < -0.4 is 5.32 Å². The molecule has 0 radical (unpaired) electrons. The lowest BCUT2D eigenvalue weighted by Crippen LogP contribution is -2.62. The summed E-state index contributed by atoms with van der Waals surface area (Å²) < 4.78 is 0. The fourth-order valence-electron chi connectivity index (χ4n) is 4.33. The van der Waals surface area contributed by atoms with Crippen molar-refractivity contribution in [3.63, 3.8) is 0 Å². The second kappa shape index (κ2) is 6.10. The van der Waals surface area contributed by atoms with Gasteiger partial charge in [0.25, 0.3) is 5.91 Å². The van der Waals surface area contributed by atoms with E-state index in [0.717, 1.165) is 11.3 Å². The summed E-state index contributed by atoms with van der Waals surface area (Å²) in [5.41, 5.74) is 4.00. The number of rotatable bonds is 3. The number of carbonyl (C=O) groups is 1. The van der Waals surface area contributed by atoms with Crippen LogP contribution in [0, 0.1) is 12.8 Å². The highest BCUT2D eigenvalue weighted by atomic mass is 16.2. The molecule has 0 spiro atoms. The Kier molecular flexibility index (Phi) is 3.93. The van der Waals surface area contributed by atoms with Crippen LogP contribution in [0.5, 0.6) is 0 Å². The van der Waals surface area contributed by atoms with E-state index in [-0.39, 0.29) is 11.9 Å². The van der Waals surface area contributed by atoms with E-state index in [4.69, 9.17) is 0 Å². The summed E-state index contributed by atoms with van der Waals surface area (Å²) in [4.78, 5) is 18.5. The summed E-state index contributed by atoms with van der Waals surface area (Å²) in [6, 6.07) is 12.8. The third-order valence-corrected chi connectivity index (χ3v) is 5.84. The molecule has 3 aliphatic heterocycles. The van der Waals surface area contributed by atoms with Gasteiger partial charge in [-0.15, -0.1) is 0 Å². The number of piperidine rings is 3. The zero-order valence-electron chi connectivity index (χ0n) is 14.4. The zero-order valence-corrected chi connectivity index (χ0v) is 14.4. The third-order valence-electron chi connectivity index (χ3n) is 5.84. The Bertz CT molecular complexity index is 741. The van der Waals surface area contributed by atoms with Crippen LogP contribution in [-0.4, -0.2) is 41.0 Å². The molecule has 4 nitrogen and oxygen atoms in total. The van der Waals surface area contributed by atoms with Crippen LogP contribution in [-0.2, 0) is 0 Å². The summed E-state index contributed by atoms with van der Waals surface area (Å²) in [7, 11) is 0. The predicted octanol–water partition coefficient (Wildman–Crippen LogP) is 3.20. The van der Waals surface area contributed by atoms with Gasteiger partial charge >= 0.3 is 0 Å². The quantitative estimate of drug-likeness (QED) is 0.911. The monoisotopic (exact) mass is 323 g/mol. The van der Waals surface area contributed by atoms with Crippen LogP contribution in [0.25, 0.3) is 11.3 Å². The molecule has 3 saturated heterocycles. The maximum atomic E-state index is 12.7. The number of H-pyrrole nitrogens is 1. The van der Waals surface area contributed by atoms with E-state index >= 15 is 0 Å². The first-order valence-corrected chi connectivity index (χ1v) is 8.93. The van der Waals surface area contributed by atoms with E-state index < -0.39 is 0 Å². The highest BCUT2D eigenvalue weighted by Gasteiger charge is 2.40. The number of hydrogen-bond donors (Lipinski definition) is 2. The number of fused-ring (bicyclic) bond motifs is 3. The molecule has 126 valence electrons. The van der Waals surface area contributed by atoms with E-state index in [1.54, 1.807) is 0 Å². The van der Waals surface area contributed by atoms with E-state index in [9.17, 15) is 4.79 Å². The molecular formula is C20H25N3O. The number of aryl methyl sites for hydroxylation is 1. The molecule has 4 heteroatoms. The van der Waals surface area contributed by atoms with Crippen molar-refractivity contribution in [3.8, 4) is 11.3 Å². The van der Waals surface area contributed by atoms with Gasteiger partial charge in [-0.2, -0.15) is 0 Å². The number of nitrogens with one attached hydrogen (secondary N) is 2. The van der Waals surface area contributed by atoms with Gasteiger partial charge in [0.2, 0.25) is 0 Å². The first-order valence-electron chi connectivity index (χ1n) is 8.93. The van der Waals surface area contributed by atoms with Gasteiger partial charge in [0.05, 0.1) is 0 Å². The maximum absolute atomic E-state index is 12.7. The van der Waals surface area contributed by atoms with Gasteiger partial charge in [0, 0.05) is 23.3 Å². The van der Waals surface area contributed by atoms with Crippen LogP contribution in [0.3, 0.4) is 0 Å².